The first kappa shape index (κ1) is 26.3. The van der Waals surface area contributed by atoms with Gasteiger partial charge in [-0.15, -0.1) is 0 Å². The molecule has 1 fully saturated rings. The highest BCUT2D eigenvalue weighted by molar-refractivity contribution is 5.94. The van der Waals surface area contributed by atoms with Gasteiger partial charge in [-0.3, -0.25) is 18.7 Å². The molecule has 1 aliphatic rings. The van der Waals surface area contributed by atoms with Crippen LogP contribution in [0.1, 0.15) is 72.7 Å². The summed E-state index contributed by atoms with van der Waals surface area (Å²) in [6, 6.07) is 5.40. The summed E-state index contributed by atoms with van der Waals surface area (Å²) in [6.07, 6.45) is 6.03. The van der Waals surface area contributed by atoms with Crippen molar-refractivity contribution in [2.45, 2.75) is 70.7 Å². The number of aryl methyl sites for hydroxylation is 1. The summed E-state index contributed by atoms with van der Waals surface area (Å²) in [5.74, 6) is -1.01. The smallest absolute Gasteiger partial charge is 0.333 e. The molecule has 2 aromatic rings. The van der Waals surface area contributed by atoms with Crippen molar-refractivity contribution < 1.29 is 19.0 Å². The number of halogens is 1. The first-order chi connectivity index (χ1) is 16.8. The lowest BCUT2D eigenvalue weighted by molar-refractivity contribution is -0.0253. The van der Waals surface area contributed by atoms with Gasteiger partial charge in [-0.2, -0.15) is 5.26 Å². The molecule has 1 aromatic carbocycles. The molecule has 0 saturated carbocycles. The summed E-state index contributed by atoms with van der Waals surface area (Å²) in [7, 11) is 0. The van der Waals surface area contributed by atoms with Crippen LogP contribution in [0.25, 0.3) is 0 Å². The van der Waals surface area contributed by atoms with Gasteiger partial charge in [0.25, 0.3) is 11.5 Å². The minimum absolute atomic E-state index is 0.0953. The molecule has 0 unspecified atom stereocenters. The number of rotatable bonds is 11. The van der Waals surface area contributed by atoms with E-state index in [-0.39, 0.29) is 35.3 Å². The van der Waals surface area contributed by atoms with Crippen molar-refractivity contribution in [3.63, 3.8) is 0 Å². The summed E-state index contributed by atoms with van der Waals surface area (Å²) in [5.41, 5.74) is -0.146. The predicted octanol–water partition coefficient (Wildman–Crippen LogP) is 2.38. The van der Waals surface area contributed by atoms with Crippen molar-refractivity contribution in [2.75, 3.05) is 13.2 Å². The second kappa shape index (κ2) is 12.4. The average Bonchev–Trinajstić information content (AvgIpc) is 3.34. The van der Waals surface area contributed by atoms with Gasteiger partial charge in [0.1, 0.15) is 18.1 Å². The number of nitrogens with zero attached hydrogens (tertiary/aromatic N) is 3. The Bertz CT molecular complexity index is 1200. The third kappa shape index (κ3) is 6.65. The Morgan fingerprint density at radius 2 is 1.97 bits per heavy atom. The molecule has 2 atom stereocenters. The molecule has 2 N–H and O–H groups in total. The van der Waals surface area contributed by atoms with Crippen LogP contribution in [-0.4, -0.2) is 39.4 Å². The van der Waals surface area contributed by atoms with E-state index in [1.807, 2.05) is 0 Å². The van der Waals surface area contributed by atoms with Gasteiger partial charge in [0.15, 0.2) is 0 Å². The molecule has 0 aliphatic carbocycles. The van der Waals surface area contributed by atoms with E-state index >= 15 is 0 Å². The van der Waals surface area contributed by atoms with Crippen molar-refractivity contribution in [1.82, 2.24) is 14.5 Å². The van der Waals surface area contributed by atoms with Gasteiger partial charge >= 0.3 is 5.69 Å². The highest BCUT2D eigenvalue weighted by Crippen LogP contribution is 2.26. The van der Waals surface area contributed by atoms with Crippen molar-refractivity contribution in [2.24, 2.45) is 0 Å². The predicted molar refractivity (Wildman–Crippen MR) is 126 cm³/mol. The Labute approximate surface area is 202 Å². The first-order valence-corrected chi connectivity index (χ1v) is 11.9. The van der Waals surface area contributed by atoms with E-state index in [4.69, 9.17) is 10.00 Å². The number of hydrogen-bond acceptors (Lipinski definition) is 6. The van der Waals surface area contributed by atoms with Crippen LogP contribution in [0.5, 0.6) is 0 Å². The van der Waals surface area contributed by atoms with Crippen molar-refractivity contribution >= 4 is 5.91 Å². The van der Waals surface area contributed by atoms with E-state index in [0.717, 1.165) is 31.7 Å². The molecule has 188 valence electrons. The Balaban J connectivity index is 1.41. The molecule has 0 radical (unpaired) electrons. The van der Waals surface area contributed by atoms with Crippen molar-refractivity contribution in [3.8, 4) is 6.07 Å². The number of unbranched alkanes of at least 4 members (excludes halogenated alkanes) is 4. The van der Waals surface area contributed by atoms with E-state index in [1.54, 1.807) is 13.0 Å². The maximum Gasteiger partial charge on any atom is 0.333 e. The zero-order valence-electron chi connectivity index (χ0n) is 19.8. The second-order valence-electron chi connectivity index (χ2n) is 8.76. The molecule has 10 heteroatoms. The van der Waals surface area contributed by atoms with Crippen molar-refractivity contribution in [1.29, 1.82) is 5.26 Å². The fourth-order valence-corrected chi connectivity index (χ4v) is 4.17. The number of nitrogens with one attached hydrogen (secondary N) is 1. The number of amides is 1. The fraction of sp³-hybridized carbons (Fsp3) is 0.520. The number of aromatic nitrogens is 2. The van der Waals surface area contributed by atoms with Gasteiger partial charge in [-0.05, 0) is 50.8 Å². The maximum absolute atomic E-state index is 13.4. The number of nitriles is 1. The Kier molecular flexibility index (Phi) is 9.34. The average molecular weight is 487 g/mol. The second-order valence-corrected chi connectivity index (χ2v) is 8.76. The molecular formula is C25H31FN4O5. The summed E-state index contributed by atoms with van der Waals surface area (Å²) >= 11 is 0. The highest BCUT2D eigenvalue weighted by Gasteiger charge is 2.27. The maximum atomic E-state index is 13.4. The summed E-state index contributed by atoms with van der Waals surface area (Å²) in [4.78, 5) is 37.5. The molecular weight excluding hydrogens is 455 g/mol. The molecule has 0 bridgehead atoms. The molecule has 9 nitrogen and oxygen atoms in total. The number of aliphatic hydroxyl groups excluding tert-OH is 1. The number of hydrogen-bond donors (Lipinski definition) is 2. The van der Waals surface area contributed by atoms with Crippen LogP contribution in [-0.2, 0) is 11.3 Å². The van der Waals surface area contributed by atoms with Gasteiger partial charge in [-0.25, -0.2) is 9.18 Å². The standard InChI is InChI=1S/C25H31FN4O5/c1-17-15-30(22-10-8-20(16-31)35-22)25(34)29(24(17)33)12-6-4-2-3-5-11-28-23(32)18-7-9-21(26)19(13-18)14-27/h7,9,13,15,20,22,31H,2-6,8,10-12,16H2,1H3,(H,28,32)/t20-,22+/m0/s1. The minimum atomic E-state index is -0.655. The number of carbonyl (C=O) groups is 1. The Hall–Kier alpha value is -3.29. The molecule has 3 rings (SSSR count). The van der Waals surface area contributed by atoms with Gasteiger partial charge in [0.05, 0.1) is 18.3 Å². The van der Waals surface area contributed by atoms with Gasteiger partial charge < -0.3 is 15.2 Å². The van der Waals surface area contributed by atoms with Crippen LogP contribution in [0.3, 0.4) is 0 Å². The van der Waals surface area contributed by atoms with Crippen LogP contribution >= 0.6 is 0 Å². The summed E-state index contributed by atoms with van der Waals surface area (Å²) in [6.45, 7) is 2.35. The quantitative estimate of drug-likeness (QED) is 0.470. The van der Waals surface area contributed by atoms with Crippen LogP contribution in [0, 0.1) is 24.1 Å². The Morgan fingerprint density at radius 3 is 2.69 bits per heavy atom. The number of ether oxygens (including phenoxy) is 1. The van der Waals surface area contributed by atoms with Gasteiger partial charge in [0, 0.05) is 30.4 Å². The van der Waals surface area contributed by atoms with E-state index in [2.05, 4.69) is 5.32 Å². The van der Waals surface area contributed by atoms with Crippen LogP contribution < -0.4 is 16.6 Å². The van der Waals surface area contributed by atoms with Crippen molar-refractivity contribution in [3.05, 3.63) is 67.7 Å². The third-order valence-electron chi connectivity index (χ3n) is 6.16. The lowest BCUT2D eigenvalue weighted by Gasteiger charge is -2.17. The van der Waals surface area contributed by atoms with Crippen LogP contribution in [0.4, 0.5) is 4.39 Å². The summed E-state index contributed by atoms with van der Waals surface area (Å²) in [5, 5.41) is 20.9. The molecule has 35 heavy (non-hydrogen) atoms. The number of carbonyl (C=O) groups excluding carboxylic acids is 1. The van der Waals surface area contributed by atoms with Gasteiger partial charge in [0.2, 0.25) is 0 Å². The normalized spacial score (nSPS) is 17.3. The highest BCUT2D eigenvalue weighted by atomic mass is 19.1. The number of benzene rings is 1. The monoisotopic (exact) mass is 486 g/mol. The van der Waals surface area contributed by atoms with E-state index < -0.39 is 17.7 Å². The molecule has 1 aromatic heterocycles. The molecule has 2 heterocycles. The molecule has 0 spiro atoms. The summed E-state index contributed by atoms with van der Waals surface area (Å²) < 4.78 is 21.8. The zero-order valence-corrected chi connectivity index (χ0v) is 19.8. The lowest BCUT2D eigenvalue weighted by Crippen LogP contribution is -2.42. The number of aliphatic hydroxyl groups is 1. The first-order valence-electron chi connectivity index (χ1n) is 11.9. The Morgan fingerprint density at radius 1 is 1.23 bits per heavy atom. The third-order valence-corrected chi connectivity index (χ3v) is 6.16. The molecule has 1 amide bonds. The molecule has 1 saturated heterocycles. The largest absolute Gasteiger partial charge is 0.394 e. The van der Waals surface area contributed by atoms with Crippen LogP contribution in [0.2, 0.25) is 0 Å². The van der Waals surface area contributed by atoms with E-state index in [1.165, 1.54) is 27.5 Å². The minimum Gasteiger partial charge on any atom is -0.394 e. The van der Waals surface area contributed by atoms with Gasteiger partial charge in [-0.1, -0.05) is 19.3 Å². The lowest BCUT2D eigenvalue weighted by atomic mass is 10.1. The topological polar surface area (TPSA) is 126 Å². The van der Waals surface area contributed by atoms with E-state index in [9.17, 15) is 23.9 Å². The SMILES string of the molecule is Cc1cn([C@H]2CC[C@@H](CO)O2)c(=O)n(CCCCCCCNC(=O)c2ccc(F)c(C#N)c2)c1=O. The van der Waals surface area contributed by atoms with Crippen LogP contribution in [0.15, 0.2) is 34.0 Å². The molecule has 1 aliphatic heterocycles. The fourth-order valence-electron chi connectivity index (χ4n) is 4.17. The van der Waals surface area contributed by atoms with E-state index in [0.29, 0.717) is 37.9 Å². The zero-order chi connectivity index (χ0) is 25.4.